The summed E-state index contributed by atoms with van der Waals surface area (Å²) in [7, 11) is -1.91. The van der Waals surface area contributed by atoms with Gasteiger partial charge < -0.3 is 5.32 Å². The molecule has 118 valence electrons. The van der Waals surface area contributed by atoms with Crippen molar-refractivity contribution < 1.29 is 13.2 Å². The normalized spacial score (nSPS) is 13.1. The van der Waals surface area contributed by atoms with Crippen molar-refractivity contribution >= 4 is 15.9 Å². The van der Waals surface area contributed by atoms with E-state index >= 15 is 0 Å². The maximum Gasteiger partial charge on any atom is 0.220 e. The number of benzene rings is 1. The number of rotatable bonds is 8. The maximum atomic E-state index is 12.0. The highest BCUT2D eigenvalue weighted by molar-refractivity contribution is 7.89. The Morgan fingerprint density at radius 3 is 2.33 bits per heavy atom. The Labute approximate surface area is 127 Å². The molecule has 1 atom stereocenters. The molecule has 2 N–H and O–H groups in total. The predicted octanol–water partition coefficient (Wildman–Crippen LogP) is 1.48. The van der Waals surface area contributed by atoms with Crippen molar-refractivity contribution in [3.05, 3.63) is 35.9 Å². The van der Waals surface area contributed by atoms with Gasteiger partial charge >= 0.3 is 0 Å². The average molecular weight is 312 g/mol. The highest BCUT2D eigenvalue weighted by atomic mass is 32.2. The molecule has 1 aromatic rings. The molecule has 0 aromatic heterocycles. The van der Waals surface area contributed by atoms with Gasteiger partial charge in [0.05, 0.1) is 5.75 Å². The highest BCUT2D eigenvalue weighted by Gasteiger charge is 2.19. The smallest absolute Gasteiger partial charge is 0.220 e. The monoisotopic (exact) mass is 312 g/mol. The van der Waals surface area contributed by atoms with E-state index < -0.39 is 10.0 Å². The molecule has 0 spiro atoms. The van der Waals surface area contributed by atoms with Gasteiger partial charge in [-0.05, 0) is 24.4 Å². The summed E-state index contributed by atoms with van der Waals surface area (Å²) in [5.74, 6) is 0.238. The van der Waals surface area contributed by atoms with Crippen LogP contribution >= 0.6 is 0 Å². The lowest BCUT2D eigenvalue weighted by Crippen LogP contribution is -2.33. The summed E-state index contributed by atoms with van der Waals surface area (Å²) < 4.78 is 24.8. The van der Waals surface area contributed by atoms with Crippen LogP contribution in [0.3, 0.4) is 0 Å². The van der Waals surface area contributed by atoms with Gasteiger partial charge in [0.25, 0.3) is 0 Å². The third-order valence-electron chi connectivity index (χ3n) is 3.44. The van der Waals surface area contributed by atoms with E-state index in [0.29, 0.717) is 12.3 Å². The Morgan fingerprint density at radius 2 is 1.81 bits per heavy atom. The van der Waals surface area contributed by atoms with Crippen molar-refractivity contribution in [1.29, 1.82) is 0 Å². The second-order valence-corrected chi connectivity index (χ2v) is 7.38. The number of sulfonamides is 1. The minimum absolute atomic E-state index is 0.104. The summed E-state index contributed by atoms with van der Waals surface area (Å²) in [6, 6.07) is 9.90. The molecule has 1 rings (SSSR count). The van der Waals surface area contributed by atoms with Crippen LogP contribution in [-0.2, 0) is 14.8 Å². The van der Waals surface area contributed by atoms with Crippen LogP contribution in [0.1, 0.15) is 31.7 Å². The molecule has 0 aliphatic carbocycles. The fourth-order valence-electron chi connectivity index (χ4n) is 2.14. The van der Waals surface area contributed by atoms with Crippen molar-refractivity contribution in [2.75, 3.05) is 19.3 Å². The number of carbonyl (C=O) groups is 1. The second-order valence-electron chi connectivity index (χ2n) is 5.34. The lowest BCUT2D eigenvalue weighted by atomic mass is 9.85. The van der Waals surface area contributed by atoms with Gasteiger partial charge in [0, 0.05) is 13.0 Å². The second kappa shape index (κ2) is 8.14. The molecule has 21 heavy (non-hydrogen) atoms. The van der Waals surface area contributed by atoms with Crippen molar-refractivity contribution in [2.45, 2.75) is 26.2 Å². The molecular formula is C15H24N2O3S. The zero-order chi connectivity index (χ0) is 15.9. The Kier molecular flexibility index (Phi) is 6.84. The fraction of sp³-hybridized carbons (Fsp3) is 0.533. The molecule has 6 heteroatoms. The van der Waals surface area contributed by atoms with E-state index in [-0.39, 0.29) is 24.1 Å². The Balaban J connectivity index is 2.55. The predicted molar refractivity (Wildman–Crippen MR) is 84.5 cm³/mol. The topological polar surface area (TPSA) is 75.3 Å². The molecule has 1 amide bonds. The molecule has 0 aliphatic heterocycles. The van der Waals surface area contributed by atoms with Gasteiger partial charge in [0.1, 0.15) is 0 Å². The van der Waals surface area contributed by atoms with Crippen LogP contribution in [0.25, 0.3) is 0 Å². The summed E-state index contributed by atoms with van der Waals surface area (Å²) in [5.41, 5.74) is 1.13. The van der Waals surface area contributed by atoms with E-state index in [4.69, 9.17) is 0 Å². The first kappa shape index (κ1) is 17.7. The third kappa shape index (κ3) is 6.27. The van der Waals surface area contributed by atoms with Crippen LogP contribution in [0, 0.1) is 5.92 Å². The summed E-state index contributed by atoms with van der Waals surface area (Å²) in [5, 5.41) is 2.67. The largest absolute Gasteiger partial charge is 0.355 e. The number of carbonyl (C=O) groups excluding carboxylic acids is 1. The van der Waals surface area contributed by atoms with Crippen molar-refractivity contribution in [2.24, 2.45) is 5.92 Å². The van der Waals surface area contributed by atoms with E-state index in [1.165, 1.54) is 7.05 Å². The van der Waals surface area contributed by atoms with Gasteiger partial charge in [0.15, 0.2) is 0 Å². The molecule has 5 nitrogen and oxygen atoms in total. The van der Waals surface area contributed by atoms with Gasteiger partial charge in [-0.15, -0.1) is 0 Å². The van der Waals surface area contributed by atoms with E-state index in [0.717, 1.165) is 5.56 Å². The summed E-state index contributed by atoms with van der Waals surface area (Å²) >= 11 is 0. The molecule has 0 aliphatic rings. The first-order valence-electron chi connectivity index (χ1n) is 7.08. The van der Waals surface area contributed by atoms with Crippen molar-refractivity contribution in [3.8, 4) is 0 Å². The molecule has 0 saturated carbocycles. The standard InChI is InChI=1S/C15H24N2O3S/c1-12(2)14(13-7-5-4-6-8-13)11-15(18)17-9-10-21(19,20)16-3/h4-8,12,14,16H,9-11H2,1-3H3,(H,17,18). The lowest BCUT2D eigenvalue weighted by Gasteiger charge is -2.21. The van der Waals surface area contributed by atoms with Gasteiger partial charge in [-0.3, -0.25) is 4.79 Å². The molecular weight excluding hydrogens is 288 g/mol. The zero-order valence-corrected chi connectivity index (χ0v) is 13.6. The van der Waals surface area contributed by atoms with E-state index in [9.17, 15) is 13.2 Å². The average Bonchev–Trinajstić information content (AvgIpc) is 2.45. The number of hydrogen-bond acceptors (Lipinski definition) is 3. The van der Waals surface area contributed by atoms with Crippen LogP contribution in [0.4, 0.5) is 0 Å². The van der Waals surface area contributed by atoms with Crippen LogP contribution in [0.5, 0.6) is 0 Å². The molecule has 0 radical (unpaired) electrons. The minimum Gasteiger partial charge on any atom is -0.355 e. The first-order chi connectivity index (χ1) is 9.85. The van der Waals surface area contributed by atoms with Crippen LogP contribution in [0.15, 0.2) is 30.3 Å². The molecule has 0 saturated heterocycles. The number of hydrogen-bond donors (Lipinski definition) is 2. The highest BCUT2D eigenvalue weighted by Crippen LogP contribution is 2.27. The number of nitrogens with one attached hydrogen (secondary N) is 2. The SMILES string of the molecule is CNS(=O)(=O)CCNC(=O)CC(c1ccccc1)C(C)C. The van der Waals surface area contributed by atoms with Crippen molar-refractivity contribution in [1.82, 2.24) is 10.0 Å². The van der Waals surface area contributed by atoms with E-state index in [1.807, 2.05) is 30.3 Å². The van der Waals surface area contributed by atoms with Gasteiger partial charge in [-0.25, -0.2) is 13.1 Å². The molecule has 1 unspecified atom stereocenters. The van der Waals surface area contributed by atoms with Gasteiger partial charge in [-0.2, -0.15) is 0 Å². The molecule has 1 aromatic carbocycles. The van der Waals surface area contributed by atoms with E-state index in [1.54, 1.807) is 0 Å². The first-order valence-corrected chi connectivity index (χ1v) is 8.74. The Hall–Kier alpha value is -1.40. The van der Waals surface area contributed by atoms with Crippen molar-refractivity contribution in [3.63, 3.8) is 0 Å². The molecule has 0 fully saturated rings. The van der Waals surface area contributed by atoms with Crippen LogP contribution in [0.2, 0.25) is 0 Å². The van der Waals surface area contributed by atoms with Crippen LogP contribution in [-0.4, -0.2) is 33.7 Å². The minimum atomic E-state index is -3.28. The van der Waals surface area contributed by atoms with E-state index in [2.05, 4.69) is 23.9 Å². The lowest BCUT2D eigenvalue weighted by molar-refractivity contribution is -0.121. The van der Waals surface area contributed by atoms with Gasteiger partial charge in [0.2, 0.25) is 15.9 Å². The quantitative estimate of drug-likeness (QED) is 0.763. The summed E-state index contributed by atoms with van der Waals surface area (Å²) in [6.45, 7) is 4.29. The summed E-state index contributed by atoms with van der Waals surface area (Å²) in [6.07, 6.45) is 0.362. The third-order valence-corrected chi connectivity index (χ3v) is 4.81. The fourth-order valence-corrected chi connectivity index (χ4v) is 2.71. The Morgan fingerprint density at radius 1 is 1.19 bits per heavy atom. The van der Waals surface area contributed by atoms with Gasteiger partial charge in [-0.1, -0.05) is 44.2 Å². The number of amides is 1. The molecule has 0 heterocycles. The summed E-state index contributed by atoms with van der Waals surface area (Å²) in [4.78, 5) is 12.0. The molecule has 0 bridgehead atoms. The maximum absolute atomic E-state index is 12.0. The van der Waals surface area contributed by atoms with Crippen LogP contribution < -0.4 is 10.0 Å². The zero-order valence-electron chi connectivity index (χ0n) is 12.8. The Bertz CT molecular complexity index is 541.